The van der Waals surface area contributed by atoms with Gasteiger partial charge in [0, 0.05) is 32.7 Å². The predicted molar refractivity (Wildman–Crippen MR) is 74.8 cm³/mol. The molecule has 0 bridgehead atoms. The minimum atomic E-state index is -0.128. The SMILES string of the molecule is CCN(C)c1cc(N2CCOC(CO)C2)nc(C)n1. The van der Waals surface area contributed by atoms with Crippen LogP contribution < -0.4 is 9.80 Å². The number of morpholine rings is 1. The fourth-order valence-electron chi connectivity index (χ4n) is 2.09. The number of aliphatic hydroxyl groups is 1. The molecule has 0 radical (unpaired) electrons. The standard InChI is InChI=1S/C13H22N4O2/c1-4-16(3)12-7-13(15-10(2)14-12)17-5-6-19-11(8-17)9-18/h7,11,18H,4-6,8-9H2,1-3H3. The molecule has 6 heteroatoms. The first-order valence-corrected chi connectivity index (χ1v) is 6.68. The minimum absolute atomic E-state index is 0.0439. The van der Waals surface area contributed by atoms with Crippen LogP contribution in [0, 0.1) is 6.92 Å². The first kappa shape index (κ1) is 14.0. The lowest BCUT2D eigenvalue weighted by Crippen LogP contribution is -2.44. The number of hydrogen-bond acceptors (Lipinski definition) is 6. The maximum absolute atomic E-state index is 9.20. The highest BCUT2D eigenvalue weighted by molar-refractivity contribution is 5.50. The third-order valence-electron chi connectivity index (χ3n) is 3.34. The molecular formula is C13H22N4O2. The van der Waals surface area contributed by atoms with Gasteiger partial charge in [0.05, 0.1) is 19.3 Å². The maximum Gasteiger partial charge on any atom is 0.134 e. The fourth-order valence-corrected chi connectivity index (χ4v) is 2.09. The summed E-state index contributed by atoms with van der Waals surface area (Å²) < 4.78 is 5.46. The third-order valence-corrected chi connectivity index (χ3v) is 3.34. The molecule has 0 saturated carbocycles. The Balaban J connectivity index is 2.21. The van der Waals surface area contributed by atoms with Crippen molar-refractivity contribution in [1.29, 1.82) is 0 Å². The Kier molecular flexibility index (Phi) is 4.55. The Hall–Kier alpha value is -1.40. The van der Waals surface area contributed by atoms with Gasteiger partial charge < -0.3 is 19.6 Å². The van der Waals surface area contributed by atoms with Crippen molar-refractivity contribution in [2.75, 3.05) is 49.7 Å². The quantitative estimate of drug-likeness (QED) is 0.853. The zero-order valence-corrected chi connectivity index (χ0v) is 11.8. The lowest BCUT2D eigenvalue weighted by Gasteiger charge is -2.33. The van der Waals surface area contributed by atoms with E-state index in [1.807, 2.05) is 20.0 Å². The molecule has 1 unspecified atom stereocenters. The molecular weight excluding hydrogens is 244 g/mol. The van der Waals surface area contributed by atoms with E-state index >= 15 is 0 Å². The summed E-state index contributed by atoms with van der Waals surface area (Å²) in [6, 6.07) is 2.00. The highest BCUT2D eigenvalue weighted by Gasteiger charge is 2.21. The van der Waals surface area contributed by atoms with Gasteiger partial charge in [0.2, 0.25) is 0 Å². The largest absolute Gasteiger partial charge is 0.394 e. The van der Waals surface area contributed by atoms with Crippen LogP contribution in [0.25, 0.3) is 0 Å². The van der Waals surface area contributed by atoms with E-state index in [0.29, 0.717) is 13.2 Å². The summed E-state index contributed by atoms with van der Waals surface area (Å²) in [5.41, 5.74) is 0. The van der Waals surface area contributed by atoms with Crippen LogP contribution >= 0.6 is 0 Å². The van der Waals surface area contributed by atoms with Gasteiger partial charge >= 0.3 is 0 Å². The number of nitrogens with zero attached hydrogens (tertiary/aromatic N) is 4. The number of hydrogen-bond donors (Lipinski definition) is 1. The predicted octanol–water partition coefficient (Wildman–Crippen LogP) is 0.439. The Bertz CT molecular complexity index is 427. The van der Waals surface area contributed by atoms with Crippen molar-refractivity contribution in [2.24, 2.45) is 0 Å². The number of aliphatic hydroxyl groups excluding tert-OH is 1. The number of aryl methyl sites for hydroxylation is 1. The van der Waals surface area contributed by atoms with Gasteiger partial charge in [-0.2, -0.15) is 0 Å². The molecule has 2 heterocycles. The molecule has 0 aliphatic carbocycles. The highest BCUT2D eigenvalue weighted by atomic mass is 16.5. The molecule has 1 fully saturated rings. The highest BCUT2D eigenvalue weighted by Crippen LogP contribution is 2.20. The van der Waals surface area contributed by atoms with Crippen molar-refractivity contribution >= 4 is 11.6 Å². The van der Waals surface area contributed by atoms with Gasteiger partial charge in [-0.25, -0.2) is 9.97 Å². The summed E-state index contributed by atoms with van der Waals surface area (Å²) in [4.78, 5) is 13.2. The summed E-state index contributed by atoms with van der Waals surface area (Å²) in [5.74, 6) is 2.60. The average molecular weight is 266 g/mol. The van der Waals surface area contributed by atoms with E-state index in [4.69, 9.17) is 4.74 Å². The first-order chi connectivity index (χ1) is 9.13. The van der Waals surface area contributed by atoms with E-state index in [-0.39, 0.29) is 12.7 Å². The van der Waals surface area contributed by atoms with Crippen LogP contribution in [-0.2, 0) is 4.74 Å². The van der Waals surface area contributed by atoms with Crippen molar-refractivity contribution in [3.63, 3.8) is 0 Å². The van der Waals surface area contributed by atoms with Crippen molar-refractivity contribution in [2.45, 2.75) is 20.0 Å². The minimum Gasteiger partial charge on any atom is -0.394 e. The Morgan fingerprint density at radius 3 is 3.00 bits per heavy atom. The normalized spacial score (nSPS) is 19.6. The molecule has 1 aromatic heterocycles. The molecule has 0 aromatic carbocycles. The van der Waals surface area contributed by atoms with E-state index in [0.717, 1.165) is 30.5 Å². The van der Waals surface area contributed by atoms with Gasteiger partial charge in [-0.3, -0.25) is 0 Å². The van der Waals surface area contributed by atoms with Crippen LogP contribution in [0.2, 0.25) is 0 Å². The summed E-state index contributed by atoms with van der Waals surface area (Å²) >= 11 is 0. The summed E-state index contributed by atoms with van der Waals surface area (Å²) in [5, 5.41) is 9.20. The first-order valence-electron chi connectivity index (χ1n) is 6.68. The second kappa shape index (κ2) is 6.16. The van der Waals surface area contributed by atoms with Gasteiger partial charge in [0.1, 0.15) is 17.5 Å². The van der Waals surface area contributed by atoms with Gasteiger partial charge in [-0.1, -0.05) is 0 Å². The van der Waals surface area contributed by atoms with Gasteiger partial charge in [0.25, 0.3) is 0 Å². The molecule has 2 rings (SSSR count). The summed E-state index contributed by atoms with van der Waals surface area (Å²) in [7, 11) is 2.02. The van der Waals surface area contributed by atoms with Crippen LogP contribution in [0.4, 0.5) is 11.6 Å². The lowest BCUT2D eigenvalue weighted by molar-refractivity contribution is 0.00335. The second-order valence-electron chi connectivity index (χ2n) is 4.77. The summed E-state index contributed by atoms with van der Waals surface area (Å²) in [6.07, 6.45) is -0.128. The Morgan fingerprint density at radius 2 is 2.32 bits per heavy atom. The number of ether oxygens (including phenoxy) is 1. The molecule has 1 saturated heterocycles. The van der Waals surface area contributed by atoms with E-state index in [1.54, 1.807) is 0 Å². The topological polar surface area (TPSA) is 61.7 Å². The van der Waals surface area contributed by atoms with Crippen LogP contribution in [-0.4, -0.2) is 61.1 Å². The molecule has 6 nitrogen and oxygen atoms in total. The smallest absolute Gasteiger partial charge is 0.134 e. The van der Waals surface area contributed by atoms with E-state index in [9.17, 15) is 5.11 Å². The molecule has 1 aromatic rings. The van der Waals surface area contributed by atoms with Gasteiger partial charge in [-0.15, -0.1) is 0 Å². The molecule has 106 valence electrons. The van der Waals surface area contributed by atoms with E-state index in [1.165, 1.54) is 0 Å². The maximum atomic E-state index is 9.20. The molecule has 0 spiro atoms. The second-order valence-corrected chi connectivity index (χ2v) is 4.77. The van der Waals surface area contributed by atoms with Crippen LogP contribution in [0.5, 0.6) is 0 Å². The molecule has 1 aliphatic rings. The third kappa shape index (κ3) is 3.33. The lowest BCUT2D eigenvalue weighted by atomic mass is 10.3. The molecule has 0 amide bonds. The molecule has 1 aliphatic heterocycles. The average Bonchev–Trinajstić information content (AvgIpc) is 2.45. The van der Waals surface area contributed by atoms with Crippen molar-refractivity contribution in [3.05, 3.63) is 11.9 Å². The number of aromatic nitrogens is 2. The van der Waals surface area contributed by atoms with E-state index in [2.05, 4.69) is 26.7 Å². The summed E-state index contributed by atoms with van der Waals surface area (Å²) in [6.45, 7) is 7.02. The Morgan fingerprint density at radius 1 is 1.53 bits per heavy atom. The Labute approximate surface area is 114 Å². The van der Waals surface area contributed by atoms with Gasteiger partial charge in [-0.05, 0) is 13.8 Å². The zero-order chi connectivity index (χ0) is 13.8. The molecule has 1 N–H and O–H groups in total. The molecule has 1 atom stereocenters. The number of rotatable bonds is 4. The van der Waals surface area contributed by atoms with Crippen LogP contribution in [0.1, 0.15) is 12.7 Å². The zero-order valence-electron chi connectivity index (χ0n) is 11.8. The fraction of sp³-hybridized carbons (Fsp3) is 0.692. The van der Waals surface area contributed by atoms with Crippen molar-refractivity contribution < 1.29 is 9.84 Å². The van der Waals surface area contributed by atoms with Crippen molar-refractivity contribution in [3.8, 4) is 0 Å². The van der Waals surface area contributed by atoms with Gasteiger partial charge in [0.15, 0.2) is 0 Å². The van der Waals surface area contributed by atoms with Crippen LogP contribution in [0.15, 0.2) is 6.07 Å². The monoisotopic (exact) mass is 266 g/mol. The van der Waals surface area contributed by atoms with Crippen molar-refractivity contribution in [1.82, 2.24) is 9.97 Å². The molecule has 19 heavy (non-hydrogen) atoms. The van der Waals surface area contributed by atoms with E-state index < -0.39 is 0 Å². The number of anilines is 2. The van der Waals surface area contributed by atoms with Crippen LogP contribution in [0.3, 0.4) is 0 Å².